The molecular formula is C18H19Cl2N3O3. The Hall–Kier alpha value is -2.44. The first-order chi connectivity index (χ1) is 12.4. The minimum Gasteiger partial charge on any atom is -0.497 e. The van der Waals surface area contributed by atoms with Gasteiger partial charge in [0.1, 0.15) is 5.75 Å². The molecule has 0 saturated carbocycles. The number of hydrogen-bond donors (Lipinski definition) is 2. The molecule has 0 spiro atoms. The van der Waals surface area contributed by atoms with Gasteiger partial charge in [-0.2, -0.15) is 0 Å². The number of carbonyl (C=O) groups excluding carboxylic acids is 2. The summed E-state index contributed by atoms with van der Waals surface area (Å²) in [5.41, 5.74) is 6.35. The Kier molecular flexibility index (Phi) is 7.12. The number of benzene rings is 2. The van der Waals surface area contributed by atoms with Crippen molar-refractivity contribution >= 4 is 46.4 Å². The van der Waals surface area contributed by atoms with E-state index in [1.807, 2.05) is 0 Å². The Morgan fingerprint density at radius 2 is 1.73 bits per heavy atom. The summed E-state index contributed by atoms with van der Waals surface area (Å²) in [5, 5.41) is 3.40. The zero-order valence-electron chi connectivity index (χ0n) is 14.2. The molecule has 8 heteroatoms. The van der Waals surface area contributed by atoms with Crippen LogP contribution in [0.25, 0.3) is 0 Å². The maximum atomic E-state index is 12.5. The van der Waals surface area contributed by atoms with Crippen molar-refractivity contribution in [3.05, 3.63) is 52.5 Å². The number of anilines is 2. The molecule has 0 unspecified atom stereocenters. The van der Waals surface area contributed by atoms with Gasteiger partial charge in [-0.25, -0.2) is 0 Å². The van der Waals surface area contributed by atoms with E-state index in [-0.39, 0.29) is 18.9 Å². The smallest absolute Gasteiger partial charge is 0.243 e. The van der Waals surface area contributed by atoms with Gasteiger partial charge in [-0.1, -0.05) is 29.3 Å². The van der Waals surface area contributed by atoms with E-state index >= 15 is 0 Å². The average Bonchev–Trinajstić information content (AvgIpc) is 2.62. The van der Waals surface area contributed by atoms with Crippen molar-refractivity contribution in [1.29, 1.82) is 0 Å². The van der Waals surface area contributed by atoms with Crippen molar-refractivity contribution in [2.45, 2.75) is 6.42 Å². The van der Waals surface area contributed by atoms with E-state index in [0.29, 0.717) is 28.0 Å². The summed E-state index contributed by atoms with van der Waals surface area (Å²) in [6.07, 6.45) is 0.117. The number of carbonyl (C=O) groups is 2. The minimum absolute atomic E-state index is 0.00115. The summed E-state index contributed by atoms with van der Waals surface area (Å²) in [7, 11) is 1.57. The molecule has 2 aromatic rings. The lowest BCUT2D eigenvalue weighted by Crippen LogP contribution is -2.35. The van der Waals surface area contributed by atoms with Crippen molar-refractivity contribution in [2.75, 3.05) is 30.4 Å². The molecule has 0 aliphatic heterocycles. The second-order valence-corrected chi connectivity index (χ2v) is 6.30. The van der Waals surface area contributed by atoms with Crippen LogP contribution in [0.4, 0.5) is 11.4 Å². The molecule has 2 amide bonds. The molecule has 138 valence electrons. The fourth-order valence-electron chi connectivity index (χ4n) is 2.31. The SMILES string of the molecule is COc1ccc(N(CCC(N)=O)CC(=O)Nc2c(Cl)cccc2Cl)cc1. The second-order valence-electron chi connectivity index (χ2n) is 5.48. The van der Waals surface area contributed by atoms with Gasteiger partial charge in [-0.3, -0.25) is 9.59 Å². The fraction of sp³-hybridized carbons (Fsp3) is 0.222. The van der Waals surface area contributed by atoms with Gasteiger partial charge in [0.15, 0.2) is 0 Å². The molecule has 3 N–H and O–H groups in total. The van der Waals surface area contributed by atoms with Crippen LogP contribution in [-0.4, -0.2) is 32.0 Å². The number of methoxy groups -OCH3 is 1. The number of nitrogens with zero attached hydrogens (tertiary/aromatic N) is 1. The Balaban J connectivity index is 2.14. The van der Waals surface area contributed by atoms with Crippen LogP contribution in [0.1, 0.15) is 6.42 Å². The summed E-state index contributed by atoms with van der Waals surface area (Å²) in [4.78, 5) is 25.3. The molecule has 0 atom stereocenters. The van der Waals surface area contributed by atoms with Crippen LogP contribution in [0.2, 0.25) is 10.0 Å². The Morgan fingerprint density at radius 3 is 2.27 bits per heavy atom. The zero-order valence-corrected chi connectivity index (χ0v) is 15.7. The van der Waals surface area contributed by atoms with E-state index in [9.17, 15) is 9.59 Å². The maximum absolute atomic E-state index is 12.5. The number of para-hydroxylation sites is 1. The standard InChI is InChI=1S/C18H19Cl2N3O3/c1-26-13-7-5-12(6-8-13)23(10-9-16(21)24)11-17(25)22-18-14(19)3-2-4-15(18)20/h2-8H,9-11H2,1H3,(H2,21,24)(H,22,25). The monoisotopic (exact) mass is 395 g/mol. The van der Waals surface area contributed by atoms with E-state index in [2.05, 4.69) is 5.32 Å². The lowest BCUT2D eigenvalue weighted by molar-refractivity contribution is -0.118. The molecule has 0 saturated heterocycles. The highest BCUT2D eigenvalue weighted by Gasteiger charge is 2.15. The molecule has 6 nitrogen and oxygen atoms in total. The molecule has 0 heterocycles. The summed E-state index contributed by atoms with van der Waals surface area (Å²) in [5.74, 6) is -0.0748. The maximum Gasteiger partial charge on any atom is 0.243 e. The van der Waals surface area contributed by atoms with E-state index in [4.69, 9.17) is 33.7 Å². The number of ether oxygens (including phenoxy) is 1. The highest BCUT2D eigenvalue weighted by Crippen LogP contribution is 2.29. The summed E-state index contributed by atoms with van der Waals surface area (Å²) in [6, 6.07) is 12.1. The predicted molar refractivity (Wildman–Crippen MR) is 104 cm³/mol. The van der Waals surface area contributed by atoms with Gasteiger partial charge in [0.05, 0.1) is 29.4 Å². The Labute approximate surface area is 161 Å². The normalized spacial score (nSPS) is 10.3. The summed E-state index contributed by atoms with van der Waals surface area (Å²) >= 11 is 12.2. The molecule has 0 fully saturated rings. The van der Waals surface area contributed by atoms with Gasteiger partial charge in [-0.15, -0.1) is 0 Å². The van der Waals surface area contributed by atoms with Crippen LogP contribution in [0.15, 0.2) is 42.5 Å². The topological polar surface area (TPSA) is 84.7 Å². The van der Waals surface area contributed by atoms with Crippen molar-refractivity contribution in [3.63, 3.8) is 0 Å². The fourth-order valence-corrected chi connectivity index (χ4v) is 2.80. The van der Waals surface area contributed by atoms with Gasteiger partial charge >= 0.3 is 0 Å². The van der Waals surface area contributed by atoms with E-state index in [0.717, 1.165) is 5.69 Å². The van der Waals surface area contributed by atoms with Crippen LogP contribution in [-0.2, 0) is 9.59 Å². The number of rotatable bonds is 8. The number of nitrogens with two attached hydrogens (primary N) is 1. The summed E-state index contributed by atoms with van der Waals surface area (Å²) in [6.45, 7) is 0.298. The highest BCUT2D eigenvalue weighted by molar-refractivity contribution is 6.39. The molecule has 2 rings (SSSR count). The van der Waals surface area contributed by atoms with Crippen molar-refractivity contribution in [2.24, 2.45) is 5.73 Å². The van der Waals surface area contributed by atoms with E-state index in [1.54, 1.807) is 54.5 Å². The molecule has 0 radical (unpaired) electrons. The molecule has 0 aliphatic carbocycles. The third kappa shape index (κ3) is 5.54. The van der Waals surface area contributed by atoms with Crippen LogP contribution in [0, 0.1) is 0 Å². The third-order valence-electron chi connectivity index (χ3n) is 3.63. The number of hydrogen-bond acceptors (Lipinski definition) is 4. The number of halogens is 2. The third-order valence-corrected chi connectivity index (χ3v) is 4.26. The van der Waals surface area contributed by atoms with Crippen LogP contribution in [0.3, 0.4) is 0 Å². The first kappa shape index (κ1) is 19.9. The Bertz CT molecular complexity index is 762. The molecule has 0 bridgehead atoms. The number of amides is 2. The molecule has 2 aromatic carbocycles. The van der Waals surface area contributed by atoms with Gasteiger partial charge in [-0.05, 0) is 36.4 Å². The first-order valence-electron chi connectivity index (χ1n) is 7.82. The first-order valence-corrected chi connectivity index (χ1v) is 8.57. The Morgan fingerprint density at radius 1 is 1.12 bits per heavy atom. The van der Waals surface area contributed by atoms with E-state index in [1.165, 1.54) is 0 Å². The van der Waals surface area contributed by atoms with Crippen LogP contribution in [0.5, 0.6) is 5.75 Å². The van der Waals surface area contributed by atoms with Gasteiger partial charge in [0.2, 0.25) is 11.8 Å². The molecule has 26 heavy (non-hydrogen) atoms. The van der Waals surface area contributed by atoms with Crippen molar-refractivity contribution < 1.29 is 14.3 Å². The minimum atomic E-state index is -0.446. The van der Waals surface area contributed by atoms with Crippen molar-refractivity contribution in [3.8, 4) is 5.75 Å². The van der Waals surface area contributed by atoms with Gasteiger partial charge < -0.3 is 20.7 Å². The van der Waals surface area contributed by atoms with E-state index < -0.39 is 5.91 Å². The quantitative estimate of drug-likeness (QED) is 0.717. The largest absolute Gasteiger partial charge is 0.497 e. The summed E-state index contributed by atoms with van der Waals surface area (Å²) < 4.78 is 5.13. The molecule has 0 aromatic heterocycles. The van der Waals surface area contributed by atoms with Crippen LogP contribution < -0.4 is 20.7 Å². The zero-order chi connectivity index (χ0) is 19.1. The lowest BCUT2D eigenvalue weighted by atomic mass is 10.2. The lowest BCUT2D eigenvalue weighted by Gasteiger charge is -2.24. The number of primary amides is 1. The van der Waals surface area contributed by atoms with Gasteiger partial charge in [0, 0.05) is 18.7 Å². The van der Waals surface area contributed by atoms with Crippen molar-refractivity contribution in [1.82, 2.24) is 0 Å². The highest BCUT2D eigenvalue weighted by atomic mass is 35.5. The molecule has 0 aliphatic rings. The second kappa shape index (κ2) is 9.31. The average molecular weight is 396 g/mol. The molecular weight excluding hydrogens is 377 g/mol. The van der Waals surface area contributed by atoms with Gasteiger partial charge in [0.25, 0.3) is 0 Å². The predicted octanol–water partition coefficient (Wildman–Crippen LogP) is 3.32. The van der Waals surface area contributed by atoms with Crippen LogP contribution >= 0.6 is 23.2 Å². The number of nitrogens with one attached hydrogen (secondary N) is 1.